The Balaban J connectivity index is 0.00000484. The summed E-state index contributed by atoms with van der Waals surface area (Å²) in [5.41, 5.74) is 7.74. The predicted octanol–water partition coefficient (Wildman–Crippen LogP) is -0.441. The fraction of sp³-hybridized carbons (Fsp3) is 0.929. The Hall–Kier alpha value is 0.672. The SMILES string of the molecule is CCCCC(=O)NCCCOC1OC(CO)C(O)C(O)C1[NH-].[Ac]. The van der Waals surface area contributed by atoms with E-state index in [2.05, 4.69) is 5.32 Å². The Morgan fingerprint density at radius 2 is 2.00 bits per heavy atom. The maximum absolute atomic E-state index is 11.4. The zero-order chi connectivity index (χ0) is 16.5. The van der Waals surface area contributed by atoms with Crippen molar-refractivity contribution >= 4 is 5.91 Å². The molecule has 5 unspecified atom stereocenters. The molecule has 1 fully saturated rings. The summed E-state index contributed by atoms with van der Waals surface area (Å²) in [6, 6.07) is -1.14. The van der Waals surface area contributed by atoms with E-state index in [0.29, 0.717) is 19.4 Å². The van der Waals surface area contributed by atoms with Crippen LogP contribution in [0.3, 0.4) is 0 Å². The van der Waals surface area contributed by atoms with Crippen LogP contribution in [0.25, 0.3) is 5.73 Å². The number of unbranched alkanes of at least 4 members (excludes halogenated alkanes) is 1. The third-order valence-electron chi connectivity index (χ3n) is 3.56. The van der Waals surface area contributed by atoms with Gasteiger partial charge in [0.2, 0.25) is 5.91 Å². The minimum absolute atomic E-state index is 0. The number of rotatable bonds is 9. The number of carbonyl (C=O) groups is 1. The second kappa shape index (κ2) is 13.0. The van der Waals surface area contributed by atoms with E-state index in [0.717, 1.165) is 12.8 Å². The van der Waals surface area contributed by atoms with Gasteiger partial charge in [-0.15, -0.1) is 0 Å². The molecule has 0 spiro atoms. The predicted molar refractivity (Wildman–Crippen MR) is 79.0 cm³/mol. The van der Waals surface area contributed by atoms with Gasteiger partial charge in [-0.2, -0.15) is 0 Å². The van der Waals surface area contributed by atoms with Crippen molar-refractivity contribution in [2.75, 3.05) is 19.8 Å². The molecule has 1 heterocycles. The summed E-state index contributed by atoms with van der Waals surface area (Å²) in [6.07, 6.45) is -1.70. The van der Waals surface area contributed by atoms with Crippen molar-refractivity contribution in [2.45, 2.75) is 63.3 Å². The quantitative estimate of drug-likeness (QED) is 0.290. The summed E-state index contributed by atoms with van der Waals surface area (Å²) >= 11 is 0. The van der Waals surface area contributed by atoms with Crippen molar-refractivity contribution in [3.8, 4) is 0 Å². The molecule has 1 radical (unpaired) electrons. The summed E-state index contributed by atoms with van der Waals surface area (Å²) in [7, 11) is 0. The van der Waals surface area contributed by atoms with E-state index in [-0.39, 0.29) is 56.6 Å². The van der Waals surface area contributed by atoms with Crippen LogP contribution in [0, 0.1) is 44.1 Å². The van der Waals surface area contributed by atoms with Crippen molar-refractivity contribution in [1.82, 2.24) is 5.32 Å². The van der Waals surface area contributed by atoms with Gasteiger partial charge in [-0.1, -0.05) is 19.4 Å². The molecule has 1 aliphatic rings. The van der Waals surface area contributed by atoms with Gasteiger partial charge in [0.15, 0.2) is 0 Å². The third-order valence-corrected chi connectivity index (χ3v) is 3.56. The zero-order valence-corrected chi connectivity index (χ0v) is 18.2. The van der Waals surface area contributed by atoms with E-state index in [1.54, 1.807) is 0 Å². The number of aliphatic hydroxyl groups excluding tert-OH is 3. The largest absolute Gasteiger partial charge is 0.668 e. The molecular formula is C14H27AcN2O6-. The van der Waals surface area contributed by atoms with E-state index < -0.39 is 37.3 Å². The van der Waals surface area contributed by atoms with Gasteiger partial charge in [-0.3, -0.25) is 4.79 Å². The molecule has 5 N–H and O–H groups in total. The molecule has 1 aliphatic heterocycles. The van der Waals surface area contributed by atoms with E-state index >= 15 is 0 Å². The summed E-state index contributed by atoms with van der Waals surface area (Å²) in [5.74, 6) is 0.00743. The van der Waals surface area contributed by atoms with Crippen LogP contribution in [-0.4, -0.2) is 71.6 Å². The second-order valence-electron chi connectivity index (χ2n) is 5.41. The van der Waals surface area contributed by atoms with Crippen LogP contribution in [0.15, 0.2) is 0 Å². The van der Waals surface area contributed by atoms with Crippen LogP contribution in [0.4, 0.5) is 0 Å². The normalized spacial score (nSPS) is 30.6. The number of hydrogen-bond donors (Lipinski definition) is 4. The molecule has 1 amide bonds. The Morgan fingerprint density at radius 3 is 2.61 bits per heavy atom. The maximum Gasteiger partial charge on any atom is 0.219 e. The first-order valence-electron chi connectivity index (χ1n) is 7.73. The maximum atomic E-state index is 11.4. The Morgan fingerprint density at radius 1 is 1.30 bits per heavy atom. The van der Waals surface area contributed by atoms with Gasteiger partial charge < -0.3 is 35.8 Å². The fourth-order valence-corrected chi connectivity index (χ4v) is 2.15. The molecule has 133 valence electrons. The van der Waals surface area contributed by atoms with Crippen LogP contribution in [0.1, 0.15) is 32.6 Å². The van der Waals surface area contributed by atoms with Gasteiger partial charge in [0.1, 0.15) is 18.5 Å². The van der Waals surface area contributed by atoms with Gasteiger partial charge in [-0.25, -0.2) is 0 Å². The molecule has 0 aromatic heterocycles. The molecule has 1 saturated heterocycles. The molecule has 0 aromatic rings. The minimum atomic E-state index is -1.33. The van der Waals surface area contributed by atoms with Crippen LogP contribution < -0.4 is 5.32 Å². The van der Waals surface area contributed by atoms with Gasteiger partial charge in [-0.05, 0) is 12.8 Å². The van der Waals surface area contributed by atoms with Crippen LogP contribution in [-0.2, 0) is 14.3 Å². The molecule has 8 nitrogen and oxygen atoms in total. The van der Waals surface area contributed by atoms with Gasteiger partial charge >= 0.3 is 0 Å². The number of nitrogens with one attached hydrogen (secondary N) is 2. The van der Waals surface area contributed by atoms with E-state index in [1.807, 2.05) is 6.92 Å². The van der Waals surface area contributed by atoms with Crippen molar-refractivity contribution in [3.63, 3.8) is 0 Å². The van der Waals surface area contributed by atoms with Crippen molar-refractivity contribution in [2.24, 2.45) is 0 Å². The first-order chi connectivity index (χ1) is 10.5. The van der Waals surface area contributed by atoms with E-state index in [4.69, 9.17) is 20.3 Å². The van der Waals surface area contributed by atoms with Crippen molar-refractivity contribution < 1.29 is 73.7 Å². The summed E-state index contributed by atoms with van der Waals surface area (Å²) < 4.78 is 10.6. The first-order valence-corrected chi connectivity index (χ1v) is 7.73. The Labute approximate surface area is 172 Å². The fourth-order valence-electron chi connectivity index (χ4n) is 2.15. The summed E-state index contributed by atoms with van der Waals surface area (Å²) in [5, 5.41) is 31.2. The molecule has 0 aliphatic carbocycles. The topological polar surface area (TPSA) is 132 Å². The number of hydrogen-bond acceptors (Lipinski definition) is 6. The Kier molecular flexibility index (Phi) is 13.3. The van der Waals surface area contributed by atoms with E-state index in [1.165, 1.54) is 0 Å². The van der Waals surface area contributed by atoms with E-state index in [9.17, 15) is 15.0 Å². The number of aliphatic hydroxyl groups is 3. The molecule has 0 bridgehead atoms. The number of carbonyl (C=O) groups excluding carboxylic acids is 1. The minimum Gasteiger partial charge on any atom is -0.668 e. The standard InChI is InChI=1S/C14H27N2O6.Ac/c1-2-3-5-10(18)16-6-4-7-21-14-11(15)13(20)12(19)9(8-17)22-14;/h9,11-15,17,19-20H,2-8H2,1H3,(H,16,18);/q-1;. The van der Waals surface area contributed by atoms with Crippen molar-refractivity contribution in [1.29, 1.82) is 0 Å². The summed E-state index contributed by atoms with van der Waals surface area (Å²) in [4.78, 5) is 11.4. The number of amides is 1. The van der Waals surface area contributed by atoms with Crippen molar-refractivity contribution in [3.05, 3.63) is 5.73 Å². The average Bonchev–Trinajstić information content (AvgIpc) is 2.52. The molecule has 5 atom stereocenters. The van der Waals surface area contributed by atoms with Gasteiger partial charge in [0.25, 0.3) is 0 Å². The van der Waals surface area contributed by atoms with Crippen LogP contribution >= 0.6 is 0 Å². The molecule has 23 heavy (non-hydrogen) atoms. The monoisotopic (exact) mass is 546 g/mol. The zero-order valence-electron chi connectivity index (χ0n) is 13.5. The molecule has 9 heteroatoms. The Bertz CT molecular complexity index is 334. The summed E-state index contributed by atoms with van der Waals surface area (Å²) in [6.45, 7) is 2.27. The first kappa shape index (κ1) is 23.7. The average molecular weight is 546 g/mol. The van der Waals surface area contributed by atoms with Gasteiger partial charge in [0, 0.05) is 57.0 Å². The third kappa shape index (κ3) is 8.06. The molecular weight excluding hydrogens is 519 g/mol. The molecule has 0 aromatic carbocycles. The number of ether oxygens (including phenoxy) is 2. The smallest absolute Gasteiger partial charge is 0.219 e. The molecule has 0 saturated carbocycles. The second-order valence-corrected chi connectivity index (χ2v) is 5.41. The van der Waals surface area contributed by atoms with Gasteiger partial charge in [0.05, 0.1) is 19.3 Å². The van der Waals surface area contributed by atoms with Crippen LogP contribution in [0.2, 0.25) is 0 Å². The van der Waals surface area contributed by atoms with Crippen LogP contribution in [0.5, 0.6) is 0 Å². The molecule has 1 rings (SSSR count).